The maximum Gasteiger partial charge on any atom is 0.490 e. The molecule has 7 nitrogen and oxygen atoms in total. The molecule has 0 spiro atoms. The average Bonchev–Trinajstić information content (AvgIpc) is 3.26. The monoisotopic (exact) mass is 536 g/mol. The van der Waals surface area contributed by atoms with E-state index in [1.54, 1.807) is 6.07 Å². The number of nitrogens with one attached hydrogen (secondary N) is 1. The van der Waals surface area contributed by atoms with E-state index < -0.39 is 18.2 Å². The number of carbonyl (C=O) groups is 2. The number of fused-ring (bicyclic) bond motifs is 1. The third kappa shape index (κ3) is 7.11. The van der Waals surface area contributed by atoms with Gasteiger partial charge in [0.25, 0.3) is 0 Å². The predicted octanol–water partition coefficient (Wildman–Crippen LogP) is 5.80. The number of nitrogens with zero attached hydrogens (tertiary/aromatic N) is 3. The Morgan fingerprint density at radius 1 is 1.19 bits per heavy atom. The molecule has 3 aromatic rings. The second-order valence-corrected chi connectivity index (χ2v) is 9.35. The summed E-state index contributed by atoms with van der Waals surface area (Å²) >= 11 is 6.27. The van der Waals surface area contributed by atoms with Gasteiger partial charge in [-0.2, -0.15) is 13.2 Å². The molecule has 0 fully saturated rings. The van der Waals surface area contributed by atoms with E-state index in [1.807, 2.05) is 43.6 Å². The van der Waals surface area contributed by atoms with Gasteiger partial charge in [0.05, 0.1) is 17.7 Å². The van der Waals surface area contributed by atoms with Crippen LogP contribution in [0.25, 0.3) is 0 Å². The van der Waals surface area contributed by atoms with E-state index in [1.165, 1.54) is 5.56 Å². The lowest BCUT2D eigenvalue weighted by Gasteiger charge is -2.36. The van der Waals surface area contributed by atoms with Crippen LogP contribution >= 0.6 is 11.6 Å². The first kappa shape index (κ1) is 28.2. The van der Waals surface area contributed by atoms with E-state index in [2.05, 4.69) is 45.7 Å². The normalized spacial score (nSPS) is 15.5. The minimum Gasteiger partial charge on any atom is -0.475 e. The summed E-state index contributed by atoms with van der Waals surface area (Å²) in [7, 11) is 0. The van der Waals surface area contributed by atoms with Gasteiger partial charge in [-0.25, -0.2) is 9.78 Å². The van der Waals surface area contributed by atoms with Crippen molar-refractivity contribution < 1.29 is 27.9 Å². The Hall–Kier alpha value is -3.37. The smallest absolute Gasteiger partial charge is 0.475 e. The molecule has 2 heterocycles. The maximum absolute atomic E-state index is 13.6. The first-order valence-corrected chi connectivity index (χ1v) is 12.0. The molecule has 0 aliphatic carbocycles. The lowest BCUT2D eigenvalue weighted by molar-refractivity contribution is -0.192. The van der Waals surface area contributed by atoms with Crippen LogP contribution in [0.15, 0.2) is 54.9 Å². The lowest BCUT2D eigenvalue weighted by Crippen LogP contribution is -2.42. The van der Waals surface area contributed by atoms with Gasteiger partial charge in [-0.1, -0.05) is 48.0 Å². The lowest BCUT2D eigenvalue weighted by atomic mass is 9.99. The number of hydrogen-bond donors (Lipinski definition) is 2. The van der Waals surface area contributed by atoms with Crippen molar-refractivity contribution in [3.05, 3.63) is 82.4 Å². The van der Waals surface area contributed by atoms with Crippen LogP contribution in [-0.2, 0) is 22.6 Å². The van der Waals surface area contributed by atoms with E-state index >= 15 is 0 Å². The van der Waals surface area contributed by atoms with Gasteiger partial charge in [0.15, 0.2) is 0 Å². The molecule has 198 valence electrons. The second kappa shape index (κ2) is 11.8. The number of benzene rings is 2. The second-order valence-electron chi connectivity index (χ2n) is 8.94. The molecule has 1 aromatic heterocycles. The number of aliphatic carboxylic acids is 1. The highest BCUT2D eigenvalue weighted by Gasteiger charge is 2.38. The van der Waals surface area contributed by atoms with Crippen molar-refractivity contribution in [3.8, 4) is 0 Å². The molecule has 2 N–H and O–H groups in total. The number of amides is 1. The summed E-state index contributed by atoms with van der Waals surface area (Å²) in [5.41, 5.74) is 4.88. The topological polar surface area (TPSA) is 87.5 Å². The van der Waals surface area contributed by atoms with Crippen LogP contribution in [0.5, 0.6) is 0 Å². The highest BCUT2D eigenvalue weighted by Crippen LogP contribution is 2.33. The van der Waals surface area contributed by atoms with Crippen molar-refractivity contribution in [1.29, 1.82) is 0 Å². The van der Waals surface area contributed by atoms with Gasteiger partial charge in [-0.05, 0) is 44.0 Å². The van der Waals surface area contributed by atoms with E-state index in [-0.39, 0.29) is 11.9 Å². The fourth-order valence-electron chi connectivity index (χ4n) is 4.02. The quantitative estimate of drug-likeness (QED) is 0.430. The molecule has 0 saturated heterocycles. The number of alkyl halides is 3. The Morgan fingerprint density at radius 3 is 2.41 bits per heavy atom. The van der Waals surface area contributed by atoms with Crippen LogP contribution in [-0.4, -0.2) is 44.2 Å². The third-order valence-corrected chi connectivity index (χ3v) is 6.29. The van der Waals surface area contributed by atoms with Gasteiger partial charge in [-0.15, -0.1) is 0 Å². The van der Waals surface area contributed by atoms with Gasteiger partial charge >= 0.3 is 12.1 Å². The van der Waals surface area contributed by atoms with E-state index in [0.717, 1.165) is 29.9 Å². The molecule has 1 atom stereocenters. The number of anilines is 1. The summed E-state index contributed by atoms with van der Waals surface area (Å²) in [6, 6.07) is 15.7. The summed E-state index contributed by atoms with van der Waals surface area (Å²) in [4.78, 5) is 29.3. The zero-order chi connectivity index (χ0) is 27.3. The zero-order valence-corrected chi connectivity index (χ0v) is 21.3. The average molecular weight is 537 g/mol. The van der Waals surface area contributed by atoms with Crippen molar-refractivity contribution in [2.75, 3.05) is 11.9 Å². The molecule has 1 aliphatic heterocycles. The first-order valence-electron chi connectivity index (χ1n) is 11.6. The van der Waals surface area contributed by atoms with Gasteiger partial charge < -0.3 is 15.0 Å². The van der Waals surface area contributed by atoms with E-state index in [4.69, 9.17) is 21.5 Å². The van der Waals surface area contributed by atoms with Crippen molar-refractivity contribution >= 4 is 29.2 Å². The Balaban J connectivity index is 0.000000479. The standard InChI is InChI=1S/C24H27ClN4O.C2HF3O2/c1-16(2)29-15-26-21-11-12-28(14-18-7-5-4-6-8-18)23(22(21)29)24(30)27-19-10-9-17(3)20(25)13-19;3-2(4,5)1(6)7/h4-10,13,15-16,23H,11-12,14H2,1-3H3,(H,27,30);(H,6,7). The molecule has 1 amide bonds. The third-order valence-electron chi connectivity index (χ3n) is 5.89. The Bertz CT molecular complexity index is 1250. The van der Waals surface area contributed by atoms with Crippen LogP contribution in [0.1, 0.15) is 48.4 Å². The zero-order valence-electron chi connectivity index (χ0n) is 20.6. The molecule has 11 heteroatoms. The molecule has 0 radical (unpaired) electrons. The van der Waals surface area contributed by atoms with Crippen LogP contribution in [0.2, 0.25) is 5.02 Å². The Labute approximate surface area is 217 Å². The number of aromatic nitrogens is 2. The highest BCUT2D eigenvalue weighted by atomic mass is 35.5. The summed E-state index contributed by atoms with van der Waals surface area (Å²) in [6.07, 6.45) is -2.38. The molecular formula is C26H28ClF3N4O3. The van der Waals surface area contributed by atoms with E-state index in [9.17, 15) is 18.0 Å². The van der Waals surface area contributed by atoms with Crippen LogP contribution < -0.4 is 5.32 Å². The summed E-state index contributed by atoms with van der Waals surface area (Å²) in [6.45, 7) is 7.67. The maximum atomic E-state index is 13.6. The Morgan fingerprint density at radius 2 is 1.84 bits per heavy atom. The molecule has 2 aromatic carbocycles. The molecule has 0 saturated carbocycles. The van der Waals surface area contributed by atoms with Gasteiger partial charge in [0, 0.05) is 36.3 Å². The molecule has 1 aliphatic rings. The summed E-state index contributed by atoms with van der Waals surface area (Å²) < 4.78 is 33.9. The molecule has 4 rings (SSSR count). The number of imidazole rings is 1. The van der Waals surface area contributed by atoms with Crippen LogP contribution in [0, 0.1) is 6.92 Å². The van der Waals surface area contributed by atoms with Gasteiger partial charge in [0.1, 0.15) is 6.04 Å². The number of carboxylic acid groups (broad SMARTS) is 1. The number of carbonyl (C=O) groups excluding carboxylic acids is 1. The number of carboxylic acids is 1. The number of aryl methyl sites for hydroxylation is 1. The fraction of sp³-hybridized carbons (Fsp3) is 0.346. The molecule has 1 unspecified atom stereocenters. The first-order chi connectivity index (χ1) is 17.4. The van der Waals surface area contributed by atoms with Crippen molar-refractivity contribution in [3.63, 3.8) is 0 Å². The predicted molar refractivity (Wildman–Crippen MR) is 134 cm³/mol. The number of halogens is 4. The Kier molecular flexibility index (Phi) is 8.98. The summed E-state index contributed by atoms with van der Waals surface area (Å²) in [5.74, 6) is -2.82. The largest absolute Gasteiger partial charge is 0.490 e. The van der Waals surface area contributed by atoms with Crippen LogP contribution in [0.4, 0.5) is 18.9 Å². The minimum absolute atomic E-state index is 0.0609. The van der Waals surface area contributed by atoms with Gasteiger partial charge in [-0.3, -0.25) is 9.69 Å². The van der Waals surface area contributed by atoms with Gasteiger partial charge in [0.2, 0.25) is 5.91 Å². The number of hydrogen-bond acceptors (Lipinski definition) is 4. The summed E-state index contributed by atoms with van der Waals surface area (Å²) in [5, 5.41) is 10.9. The van der Waals surface area contributed by atoms with Crippen molar-refractivity contribution in [2.24, 2.45) is 0 Å². The molecular weight excluding hydrogens is 509 g/mol. The fourth-order valence-corrected chi connectivity index (χ4v) is 4.20. The van der Waals surface area contributed by atoms with Crippen molar-refractivity contribution in [1.82, 2.24) is 14.5 Å². The SMILES string of the molecule is Cc1ccc(NC(=O)C2c3c(ncn3C(C)C)CCN2Cc2ccccc2)cc1Cl.O=C(O)C(F)(F)F. The molecule has 0 bridgehead atoms. The number of rotatable bonds is 5. The highest BCUT2D eigenvalue weighted by molar-refractivity contribution is 6.31. The van der Waals surface area contributed by atoms with Crippen molar-refractivity contribution in [2.45, 2.75) is 52.0 Å². The molecule has 37 heavy (non-hydrogen) atoms. The minimum atomic E-state index is -5.08. The van der Waals surface area contributed by atoms with E-state index in [0.29, 0.717) is 17.3 Å². The van der Waals surface area contributed by atoms with Crippen LogP contribution in [0.3, 0.4) is 0 Å².